The molecule has 0 unspecified atom stereocenters. The molecule has 138 valence electrons. The Hall–Kier alpha value is -1.19. The first-order valence-corrected chi connectivity index (χ1v) is 8.78. The highest BCUT2D eigenvalue weighted by Gasteiger charge is 2.23. The molecule has 0 aliphatic rings. The molecule has 24 heavy (non-hydrogen) atoms. The van der Waals surface area contributed by atoms with Gasteiger partial charge in [0, 0.05) is 24.5 Å². The lowest BCUT2D eigenvalue weighted by Gasteiger charge is -2.29. The first-order valence-electron chi connectivity index (χ1n) is 8.34. The van der Waals surface area contributed by atoms with Crippen molar-refractivity contribution in [3.8, 4) is 11.8 Å². The standard InChI is InChI=1S/C18H32N2O3S/c1-14(2)8-7-12-19-15(21)9-10-18(5,6)23-13-11-17(3,4)20-16(22)24/h14H,9-13H2,1-6H3,(H,19,21)(H2,20,22,24). The van der Waals surface area contributed by atoms with Gasteiger partial charge in [-0.2, -0.15) is 0 Å². The van der Waals surface area contributed by atoms with E-state index in [2.05, 4.69) is 35.1 Å². The van der Waals surface area contributed by atoms with Crippen LogP contribution in [0.15, 0.2) is 0 Å². The van der Waals surface area contributed by atoms with Gasteiger partial charge >= 0.3 is 0 Å². The van der Waals surface area contributed by atoms with E-state index in [0.717, 1.165) is 0 Å². The van der Waals surface area contributed by atoms with Crippen LogP contribution in [0.25, 0.3) is 0 Å². The lowest BCUT2D eigenvalue weighted by molar-refractivity contribution is -0.122. The molecule has 0 spiro atoms. The molecule has 0 aliphatic carbocycles. The minimum atomic E-state index is -0.401. The molecule has 0 saturated heterocycles. The molecule has 5 nitrogen and oxygen atoms in total. The molecule has 2 N–H and O–H groups in total. The zero-order valence-electron chi connectivity index (χ0n) is 15.8. The molecular weight excluding hydrogens is 324 g/mol. The average molecular weight is 357 g/mol. The fraction of sp³-hybridized carbons (Fsp3) is 0.778. The number of hydrogen-bond acceptors (Lipinski definition) is 3. The van der Waals surface area contributed by atoms with Crippen molar-refractivity contribution in [1.29, 1.82) is 0 Å². The van der Waals surface area contributed by atoms with Crippen molar-refractivity contribution in [2.75, 3.05) is 13.2 Å². The highest BCUT2D eigenvalue weighted by molar-refractivity contribution is 7.96. The van der Waals surface area contributed by atoms with Crippen LogP contribution in [-0.4, -0.2) is 35.4 Å². The third kappa shape index (κ3) is 13.3. The Morgan fingerprint density at radius 2 is 1.79 bits per heavy atom. The largest absolute Gasteiger partial charge is 0.375 e. The summed E-state index contributed by atoms with van der Waals surface area (Å²) in [6.45, 7) is 12.7. The second kappa shape index (κ2) is 10.6. The monoisotopic (exact) mass is 356 g/mol. The molecule has 0 saturated carbocycles. The number of hydrogen-bond donors (Lipinski definition) is 3. The van der Waals surface area contributed by atoms with E-state index < -0.39 is 5.60 Å². The molecule has 0 aliphatic heterocycles. The van der Waals surface area contributed by atoms with Crippen molar-refractivity contribution in [3.63, 3.8) is 0 Å². The zero-order valence-corrected chi connectivity index (χ0v) is 16.7. The van der Waals surface area contributed by atoms with E-state index in [-0.39, 0.29) is 16.7 Å². The molecule has 2 amide bonds. The number of carbonyl (C=O) groups excluding carboxylic acids is 2. The van der Waals surface area contributed by atoms with Crippen LogP contribution >= 0.6 is 12.6 Å². The Balaban J connectivity index is 4.07. The summed E-state index contributed by atoms with van der Waals surface area (Å²) in [5.74, 6) is 6.22. The molecule has 0 fully saturated rings. The fourth-order valence-corrected chi connectivity index (χ4v) is 2.21. The van der Waals surface area contributed by atoms with Crippen LogP contribution < -0.4 is 10.6 Å². The summed E-state index contributed by atoms with van der Waals surface area (Å²) in [5, 5.41) is 5.20. The molecule has 0 aromatic carbocycles. The van der Waals surface area contributed by atoms with E-state index >= 15 is 0 Å². The van der Waals surface area contributed by atoms with E-state index in [0.29, 0.717) is 38.3 Å². The highest BCUT2D eigenvalue weighted by Crippen LogP contribution is 2.19. The van der Waals surface area contributed by atoms with Crippen molar-refractivity contribution in [2.24, 2.45) is 5.92 Å². The molecule has 0 heterocycles. The maximum Gasteiger partial charge on any atom is 0.276 e. The van der Waals surface area contributed by atoms with Crippen LogP contribution in [0.3, 0.4) is 0 Å². The molecular formula is C18H32N2O3S. The molecule has 0 aromatic heterocycles. The quantitative estimate of drug-likeness (QED) is 0.439. The molecule has 6 heteroatoms. The van der Waals surface area contributed by atoms with Gasteiger partial charge in [0.15, 0.2) is 0 Å². The van der Waals surface area contributed by atoms with Crippen molar-refractivity contribution in [2.45, 2.75) is 71.9 Å². The van der Waals surface area contributed by atoms with E-state index in [1.165, 1.54) is 0 Å². The van der Waals surface area contributed by atoms with Gasteiger partial charge in [0.1, 0.15) is 0 Å². The van der Waals surface area contributed by atoms with Gasteiger partial charge < -0.3 is 15.4 Å². The van der Waals surface area contributed by atoms with Crippen molar-refractivity contribution in [3.05, 3.63) is 0 Å². The van der Waals surface area contributed by atoms with Crippen LogP contribution in [0.5, 0.6) is 0 Å². The summed E-state index contributed by atoms with van der Waals surface area (Å²) >= 11 is 3.73. The maximum absolute atomic E-state index is 11.8. The van der Waals surface area contributed by atoms with Gasteiger partial charge in [-0.1, -0.05) is 38.3 Å². The van der Waals surface area contributed by atoms with Crippen LogP contribution in [0.1, 0.15) is 60.8 Å². The predicted molar refractivity (Wildman–Crippen MR) is 101 cm³/mol. The molecule has 0 bridgehead atoms. The number of carbonyl (C=O) groups is 2. The molecule has 0 rings (SSSR count). The molecule has 0 radical (unpaired) electrons. The maximum atomic E-state index is 11.8. The summed E-state index contributed by atoms with van der Waals surface area (Å²) in [7, 11) is 0. The van der Waals surface area contributed by atoms with Crippen molar-refractivity contribution < 1.29 is 14.3 Å². The van der Waals surface area contributed by atoms with Crippen LogP contribution in [-0.2, 0) is 9.53 Å². The Morgan fingerprint density at radius 3 is 2.33 bits per heavy atom. The van der Waals surface area contributed by atoms with Crippen LogP contribution in [0.2, 0.25) is 0 Å². The second-order valence-electron chi connectivity index (χ2n) is 7.42. The van der Waals surface area contributed by atoms with Gasteiger partial charge in [-0.05, 0) is 40.5 Å². The lowest BCUT2D eigenvalue weighted by Crippen LogP contribution is -2.42. The fourth-order valence-electron chi connectivity index (χ4n) is 1.91. The number of thiol groups is 1. The van der Waals surface area contributed by atoms with E-state index in [4.69, 9.17) is 4.74 Å². The summed E-state index contributed by atoms with van der Waals surface area (Å²) in [4.78, 5) is 22.8. The smallest absolute Gasteiger partial charge is 0.276 e. The van der Waals surface area contributed by atoms with Gasteiger partial charge in [0.2, 0.25) is 5.91 Å². The Kier molecular flexibility index (Phi) is 10.1. The lowest BCUT2D eigenvalue weighted by atomic mass is 10.00. The molecule has 0 aromatic rings. The van der Waals surface area contributed by atoms with Crippen molar-refractivity contribution >= 4 is 23.8 Å². The Morgan fingerprint density at radius 1 is 1.17 bits per heavy atom. The number of nitrogens with one attached hydrogen (secondary N) is 2. The summed E-state index contributed by atoms with van der Waals surface area (Å²) in [5.41, 5.74) is -0.774. The van der Waals surface area contributed by atoms with Crippen LogP contribution in [0.4, 0.5) is 4.79 Å². The third-order valence-electron chi connectivity index (χ3n) is 3.38. The van der Waals surface area contributed by atoms with Gasteiger partial charge in [-0.15, -0.1) is 0 Å². The normalized spacial score (nSPS) is 11.7. The van der Waals surface area contributed by atoms with E-state index in [1.54, 1.807) is 0 Å². The summed E-state index contributed by atoms with van der Waals surface area (Å²) < 4.78 is 5.87. The Labute approximate surface area is 152 Å². The minimum absolute atomic E-state index is 0.0209. The van der Waals surface area contributed by atoms with Gasteiger partial charge in [-0.3, -0.25) is 9.59 Å². The van der Waals surface area contributed by atoms with Gasteiger partial charge in [-0.25, -0.2) is 0 Å². The zero-order chi connectivity index (χ0) is 18.8. The second-order valence-corrected chi connectivity index (χ2v) is 7.83. The Bertz CT molecular complexity index is 476. The van der Waals surface area contributed by atoms with Gasteiger partial charge in [0.25, 0.3) is 5.24 Å². The number of ether oxygens (including phenoxy) is 1. The number of rotatable bonds is 9. The van der Waals surface area contributed by atoms with Crippen molar-refractivity contribution in [1.82, 2.24) is 10.6 Å². The average Bonchev–Trinajstić information content (AvgIpc) is 2.39. The first-order chi connectivity index (χ1) is 10.9. The van der Waals surface area contributed by atoms with E-state index in [1.807, 2.05) is 41.5 Å². The summed E-state index contributed by atoms with van der Waals surface area (Å²) in [6, 6.07) is 0. The third-order valence-corrected chi connectivity index (χ3v) is 3.50. The minimum Gasteiger partial charge on any atom is -0.375 e. The van der Waals surface area contributed by atoms with Crippen LogP contribution in [0, 0.1) is 17.8 Å². The SMILES string of the molecule is CC(C)C#CCNC(=O)CCC(C)(C)OCCC(C)(C)NC(=O)S. The van der Waals surface area contributed by atoms with Gasteiger partial charge in [0.05, 0.1) is 12.1 Å². The first kappa shape index (κ1) is 22.8. The number of amides is 2. The summed E-state index contributed by atoms with van der Waals surface area (Å²) in [6.07, 6.45) is 1.68. The molecule has 0 atom stereocenters. The van der Waals surface area contributed by atoms with E-state index in [9.17, 15) is 9.59 Å². The highest BCUT2D eigenvalue weighted by atomic mass is 32.1. The predicted octanol–water partition coefficient (Wildman–Crippen LogP) is 3.15. The topological polar surface area (TPSA) is 67.4 Å².